The molecule has 2 heterocycles. The van der Waals surface area contributed by atoms with Gasteiger partial charge < -0.3 is 20.0 Å². The van der Waals surface area contributed by atoms with Gasteiger partial charge >= 0.3 is 0 Å². The Hall–Kier alpha value is -1.49. The Morgan fingerprint density at radius 1 is 1.48 bits per heavy atom. The smallest absolute Gasteiger partial charge is 0.191 e. The first-order chi connectivity index (χ1) is 10.3. The van der Waals surface area contributed by atoms with Crippen molar-refractivity contribution in [2.45, 2.75) is 33.2 Å². The molecule has 1 aromatic heterocycles. The standard InChI is InChI=1S/C16H28N4O/c1-3-17-16(19-12-15-7-5-11-21-15)18-8-10-20-9-4-6-14(2)13-20/h5,7,11,14H,3-4,6,8-10,12-13H2,1-2H3,(H2,17,18,19). The average Bonchev–Trinajstić information content (AvgIpc) is 2.98. The van der Waals surface area contributed by atoms with E-state index in [0.29, 0.717) is 6.54 Å². The van der Waals surface area contributed by atoms with E-state index in [1.165, 1.54) is 25.9 Å². The second-order valence-corrected chi connectivity index (χ2v) is 5.75. The molecule has 1 saturated heterocycles. The van der Waals surface area contributed by atoms with Crippen LogP contribution in [-0.4, -0.2) is 43.6 Å². The van der Waals surface area contributed by atoms with Gasteiger partial charge in [-0.3, -0.25) is 0 Å². The molecule has 1 aliphatic rings. The molecule has 118 valence electrons. The molecule has 0 bridgehead atoms. The van der Waals surface area contributed by atoms with E-state index >= 15 is 0 Å². The molecule has 2 rings (SSSR count). The first kappa shape index (κ1) is 15.9. The number of furan rings is 1. The fourth-order valence-electron chi connectivity index (χ4n) is 2.72. The molecule has 1 unspecified atom stereocenters. The molecular weight excluding hydrogens is 264 g/mol. The van der Waals surface area contributed by atoms with Crippen molar-refractivity contribution in [3.63, 3.8) is 0 Å². The maximum Gasteiger partial charge on any atom is 0.191 e. The monoisotopic (exact) mass is 292 g/mol. The Labute approximate surface area is 127 Å². The first-order valence-corrected chi connectivity index (χ1v) is 8.05. The molecule has 21 heavy (non-hydrogen) atoms. The Bertz CT molecular complexity index is 416. The van der Waals surface area contributed by atoms with Gasteiger partial charge in [0.1, 0.15) is 12.3 Å². The normalized spacial score (nSPS) is 20.5. The summed E-state index contributed by atoms with van der Waals surface area (Å²) in [6.45, 7) is 10.3. The van der Waals surface area contributed by atoms with Crippen molar-refractivity contribution in [3.05, 3.63) is 24.2 Å². The number of nitrogens with zero attached hydrogens (tertiary/aromatic N) is 2. The number of hydrogen-bond donors (Lipinski definition) is 2. The molecule has 0 spiro atoms. The molecule has 1 aromatic rings. The van der Waals surface area contributed by atoms with E-state index in [1.54, 1.807) is 6.26 Å². The van der Waals surface area contributed by atoms with Gasteiger partial charge in [-0.25, -0.2) is 4.99 Å². The highest BCUT2D eigenvalue weighted by Crippen LogP contribution is 2.14. The third-order valence-corrected chi connectivity index (χ3v) is 3.78. The van der Waals surface area contributed by atoms with Crippen LogP contribution >= 0.6 is 0 Å². The minimum absolute atomic E-state index is 0.573. The van der Waals surface area contributed by atoms with Gasteiger partial charge in [-0.1, -0.05) is 6.92 Å². The molecule has 0 radical (unpaired) electrons. The quantitative estimate of drug-likeness (QED) is 0.622. The Morgan fingerprint density at radius 2 is 2.38 bits per heavy atom. The lowest BCUT2D eigenvalue weighted by molar-refractivity contribution is 0.187. The summed E-state index contributed by atoms with van der Waals surface area (Å²) in [5.74, 6) is 2.58. The summed E-state index contributed by atoms with van der Waals surface area (Å²) in [6, 6.07) is 3.84. The number of likely N-dealkylation sites (tertiary alicyclic amines) is 1. The largest absolute Gasteiger partial charge is 0.467 e. The van der Waals surface area contributed by atoms with Crippen molar-refractivity contribution in [2.75, 3.05) is 32.7 Å². The molecule has 0 aromatic carbocycles. The van der Waals surface area contributed by atoms with Crippen molar-refractivity contribution in [1.82, 2.24) is 15.5 Å². The van der Waals surface area contributed by atoms with E-state index in [-0.39, 0.29) is 0 Å². The van der Waals surface area contributed by atoms with Crippen LogP contribution in [0.4, 0.5) is 0 Å². The molecule has 0 aliphatic carbocycles. The molecule has 5 nitrogen and oxygen atoms in total. The van der Waals surface area contributed by atoms with Gasteiger partial charge in [-0.2, -0.15) is 0 Å². The average molecular weight is 292 g/mol. The van der Waals surface area contributed by atoms with E-state index < -0.39 is 0 Å². The summed E-state index contributed by atoms with van der Waals surface area (Å²) >= 11 is 0. The molecule has 2 N–H and O–H groups in total. The Kier molecular flexibility index (Phi) is 6.60. The topological polar surface area (TPSA) is 52.8 Å². The third kappa shape index (κ3) is 5.79. The minimum Gasteiger partial charge on any atom is -0.467 e. The Morgan fingerprint density at radius 3 is 3.10 bits per heavy atom. The zero-order chi connectivity index (χ0) is 14.9. The zero-order valence-electron chi connectivity index (χ0n) is 13.3. The molecule has 0 saturated carbocycles. The van der Waals surface area contributed by atoms with Crippen LogP contribution in [0.25, 0.3) is 0 Å². The molecule has 1 atom stereocenters. The summed E-state index contributed by atoms with van der Waals surface area (Å²) in [6.07, 6.45) is 4.38. The van der Waals surface area contributed by atoms with Crippen LogP contribution in [0.1, 0.15) is 32.4 Å². The summed E-state index contributed by atoms with van der Waals surface area (Å²) in [5.41, 5.74) is 0. The van der Waals surface area contributed by atoms with Crippen LogP contribution in [-0.2, 0) is 6.54 Å². The van der Waals surface area contributed by atoms with Crippen molar-refractivity contribution in [1.29, 1.82) is 0 Å². The van der Waals surface area contributed by atoms with Gasteiger partial charge in [0.25, 0.3) is 0 Å². The van der Waals surface area contributed by atoms with Gasteiger partial charge in [-0.05, 0) is 44.4 Å². The van der Waals surface area contributed by atoms with E-state index in [9.17, 15) is 0 Å². The predicted molar refractivity (Wildman–Crippen MR) is 86.4 cm³/mol. The van der Waals surface area contributed by atoms with Crippen LogP contribution in [0.2, 0.25) is 0 Å². The lowest BCUT2D eigenvalue weighted by Gasteiger charge is -2.30. The predicted octanol–water partition coefficient (Wildman–Crippen LogP) is 2.07. The summed E-state index contributed by atoms with van der Waals surface area (Å²) in [7, 11) is 0. The van der Waals surface area contributed by atoms with Gasteiger partial charge in [0.2, 0.25) is 0 Å². The lowest BCUT2D eigenvalue weighted by Crippen LogP contribution is -2.43. The highest BCUT2D eigenvalue weighted by Gasteiger charge is 2.15. The van der Waals surface area contributed by atoms with Crippen LogP contribution in [0.5, 0.6) is 0 Å². The van der Waals surface area contributed by atoms with E-state index in [0.717, 1.165) is 37.3 Å². The maximum absolute atomic E-state index is 5.30. The number of hydrogen-bond acceptors (Lipinski definition) is 3. The van der Waals surface area contributed by atoms with Crippen LogP contribution < -0.4 is 10.6 Å². The molecular formula is C16H28N4O. The van der Waals surface area contributed by atoms with Crippen LogP contribution in [0, 0.1) is 5.92 Å². The van der Waals surface area contributed by atoms with Gasteiger partial charge in [-0.15, -0.1) is 0 Å². The van der Waals surface area contributed by atoms with E-state index in [4.69, 9.17) is 4.42 Å². The summed E-state index contributed by atoms with van der Waals surface area (Å²) in [5, 5.41) is 6.67. The number of guanidine groups is 1. The minimum atomic E-state index is 0.573. The van der Waals surface area contributed by atoms with Gasteiger partial charge in [0, 0.05) is 26.2 Å². The van der Waals surface area contributed by atoms with Gasteiger partial charge in [0.05, 0.1) is 6.26 Å². The fourth-order valence-corrected chi connectivity index (χ4v) is 2.72. The molecule has 1 fully saturated rings. The summed E-state index contributed by atoms with van der Waals surface area (Å²) in [4.78, 5) is 7.07. The maximum atomic E-state index is 5.30. The van der Waals surface area contributed by atoms with Crippen molar-refractivity contribution < 1.29 is 4.42 Å². The SMILES string of the molecule is CCNC(=NCc1ccco1)NCCN1CCCC(C)C1. The molecule has 1 aliphatic heterocycles. The highest BCUT2D eigenvalue weighted by molar-refractivity contribution is 5.79. The first-order valence-electron chi connectivity index (χ1n) is 8.05. The number of rotatable bonds is 6. The summed E-state index contributed by atoms with van der Waals surface area (Å²) < 4.78 is 5.30. The Balaban J connectivity index is 1.73. The van der Waals surface area contributed by atoms with Crippen LogP contribution in [0.15, 0.2) is 27.8 Å². The number of piperidine rings is 1. The van der Waals surface area contributed by atoms with Crippen LogP contribution in [0.3, 0.4) is 0 Å². The van der Waals surface area contributed by atoms with Crippen molar-refractivity contribution in [3.8, 4) is 0 Å². The number of aliphatic imine (C=N–C) groups is 1. The van der Waals surface area contributed by atoms with Gasteiger partial charge in [0.15, 0.2) is 5.96 Å². The van der Waals surface area contributed by atoms with Crippen molar-refractivity contribution >= 4 is 5.96 Å². The number of nitrogens with one attached hydrogen (secondary N) is 2. The van der Waals surface area contributed by atoms with Crippen molar-refractivity contribution in [2.24, 2.45) is 10.9 Å². The van der Waals surface area contributed by atoms with E-state index in [2.05, 4.69) is 34.4 Å². The second-order valence-electron chi connectivity index (χ2n) is 5.75. The lowest BCUT2D eigenvalue weighted by atomic mass is 10.0. The third-order valence-electron chi connectivity index (χ3n) is 3.78. The zero-order valence-corrected chi connectivity index (χ0v) is 13.3. The molecule has 0 amide bonds. The highest BCUT2D eigenvalue weighted by atomic mass is 16.3. The van der Waals surface area contributed by atoms with E-state index in [1.807, 2.05) is 12.1 Å². The second kappa shape index (κ2) is 8.72. The fraction of sp³-hybridized carbons (Fsp3) is 0.688. The molecule has 5 heteroatoms.